The van der Waals surface area contributed by atoms with Crippen LogP contribution in [0.2, 0.25) is 0 Å². The molecule has 1 aliphatic carbocycles. The maximum Gasteiger partial charge on any atom is 0.416 e. The highest BCUT2D eigenvalue weighted by atomic mass is 19.4. The Hall–Kier alpha value is -2.16. The number of halogens is 3. The molecule has 2 fully saturated rings. The van der Waals surface area contributed by atoms with Crippen LogP contribution in [0.4, 0.5) is 18.9 Å². The van der Waals surface area contributed by atoms with Gasteiger partial charge in [0, 0.05) is 31.3 Å². The number of benzene rings is 1. The fraction of sp³-hybridized carbons (Fsp3) is 0.650. The molecule has 1 saturated carbocycles. The van der Waals surface area contributed by atoms with E-state index in [0.717, 1.165) is 57.2 Å². The lowest BCUT2D eigenvalue weighted by molar-refractivity contribution is -0.385. The van der Waals surface area contributed by atoms with E-state index in [1.807, 2.05) is 0 Å². The van der Waals surface area contributed by atoms with Crippen molar-refractivity contribution in [2.24, 2.45) is 5.92 Å². The lowest BCUT2D eigenvalue weighted by Gasteiger charge is -2.41. The van der Waals surface area contributed by atoms with Gasteiger partial charge in [0.2, 0.25) is 5.91 Å². The smallest absolute Gasteiger partial charge is 0.342 e. The summed E-state index contributed by atoms with van der Waals surface area (Å²) in [6.07, 6.45) is 1.20. The molecular formula is C20H26F3N3O3. The molecule has 29 heavy (non-hydrogen) atoms. The van der Waals surface area contributed by atoms with Gasteiger partial charge in [0.1, 0.15) is 0 Å². The van der Waals surface area contributed by atoms with E-state index in [0.29, 0.717) is 18.0 Å². The van der Waals surface area contributed by atoms with Crippen LogP contribution in [0, 0.1) is 16.0 Å². The van der Waals surface area contributed by atoms with Gasteiger partial charge in [-0.2, -0.15) is 13.2 Å². The van der Waals surface area contributed by atoms with Crippen molar-refractivity contribution >= 4 is 11.6 Å². The highest BCUT2D eigenvalue weighted by Crippen LogP contribution is 2.35. The van der Waals surface area contributed by atoms with Crippen LogP contribution in [0.25, 0.3) is 0 Å². The maximum atomic E-state index is 13.1. The van der Waals surface area contributed by atoms with Gasteiger partial charge in [-0.1, -0.05) is 12.8 Å². The molecule has 1 aliphatic heterocycles. The lowest BCUT2D eigenvalue weighted by atomic mass is 9.78. The van der Waals surface area contributed by atoms with Crippen LogP contribution in [0.15, 0.2) is 18.2 Å². The van der Waals surface area contributed by atoms with Gasteiger partial charge in [-0.15, -0.1) is 0 Å². The number of non-ortho nitro benzene ring substituents is 1. The van der Waals surface area contributed by atoms with Crippen molar-refractivity contribution in [2.75, 3.05) is 13.6 Å². The first kappa shape index (κ1) is 21.5. The van der Waals surface area contributed by atoms with E-state index in [1.165, 1.54) is 0 Å². The summed E-state index contributed by atoms with van der Waals surface area (Å²) in [7, 11) is 1.70. The summed E-state index contributed by atoms with van der Waals surface area (Å²) >= 11 is 0. The minimum absolute atomic E-state index is 0.00901. The number of nitrogens with one attached hydrogen (secondary N) is 1. The van der Waals surface area contributed by atoms with E-state index in [4.69, 9.17) is 0 Å². The zero-order chi connectivity index (χ0) is 21.2. The number of nitrogens with zero attached hydrogens (tertiary/aromatic N) is 2. The molecule has 1 heterocycles. The second-order valence-corrected chi connectivity index (χ2v) is 8.04. The van der Waals surface area contributed by atoms with Crippen LogP contribution in [-0.2, 0) is 17.4 Å². The minimum atomic E-state index is -4.71. The van der Waals surface area contributed by atoms with E-state index < -0.39 is 22.4 Å². The second kappa shape index (κ2) is 8.69. The predicted octanol–water partition coefficient (Wildman–Crippen LogP) is 3.93. The third-order valence-corrected chi connectivity index (χ3v) is 6.16. The molecule has 3 rings (SSSR count). The van der Waals surface area contributed by atoms with E-state index >= 15 is 0 Å². The Labute approximate surface area is 167 Å². The first-order chi connectivity index (χ1) is 13.7. The zero-order valence-electron chi connectivity index (χ0n) is 16.4. The predicted molar refractivity (Wildman–Crippen MR) is 101 cm³/mol. The number of nitro groups is 1. The molecule has 3 unspecified atom stereocenters. The van der Waals surface area contributed by atoms with Gasteiger partial charge < -0.3 is 10.2 Å². The quantitative estimate of drug-likeness (QED) is 0.586. The molecular weight excluding hydrogens is 387 g/mol. The van der Waals surface area contributed by atoms with Crippen LogP contribution in [0.3, 0.4) is 0 Å². The largest absolute Gasteiger partial charge is 0.416 e. The van der Waals surface area contributed by atoms with E-state index in [-0.39, 0.29) is 23.9 Å². The SMILES string of the molecule is CN(C(=O)Cc1cc([N+](=O)[O-])cc(C(F)(F)F)c1)C1CCCCC1C1CCCN1. The lowest BCUT2D eigenvalue weighted by Crippen LogP contribution is -2.50. The Morgan fingerprint density at radius 2 is 1.93 bits per heavy atom. The van der Waals surface area contributed by atoms with Crippen molar-refractivity contribution < 1.29 is 22.9 Å². The fourth-order valence-electron chi connectivity index (χ4n) is 4.70. The van der Waals surface area contributed by atoms with Crippen molar-refractivity contribution in [1.29, 1.82) is 0 Å². The molecule has 1 amide bonds. The molecule has 160 valence electrons. The summed E-state index contributed by atoms with van der Waals surface area (Å²) in [6, 6.07) is 2.78. The van der Waals surface area contributed by atoms with Crippen LogP contribution < -0.4 is 5.32 Å². The molecule has 0 bridgehead atoms. The summed E-state index contributed by atoms with van der Waals surface area (Å²) in [5.74, 6) is 0.0181. The number of nitro benzene ring substituents is 1. The number of hydrogen-bond acceptors (Lipinski definition) is 4. The Balaban J connectivity index is 1.77. The number of carbonyl (C=O) groups is 1. The molecule has 3 atom stereocenters. The van der Waals surface area contributed by atoms with Gasteiger partial charge in [-0.05, 0) is 49.8 Å². The average molecular weight is 413 g/mol. The van der Waals surface area contributed by atoms with Gasteiger partial charge >= 0.3 is 6.18 Å². The summed E-state index contributed by atoms with van der Waals surface area (Å²) < 4.78 is 39.3. The highest BCUT2D eigenvalue weighted by Gasteiger charge is 2.37. The fourth-order valence-corrected chi connectivity index (χ4v) is 4.70. The number of rotatable bonds is 5. The molecule has 0 spiro atoms. The van der Waals surface area contributed by atoms with Crippen molar-refractivity contribution in [3.05, 3.63) is 39.4 Å². The van der Waals surface area contributed by atoms with Crippen LogP contribution in [-0.4, -0.2) is 41.4 Å². The summed E-state index contributed by atoms with van der Waals surface area (Å²) in [5, 5.41) is 14.5. The molecule has 1 aromatic carbocycles. The van der Waals surface area contributed by atoms with Crippen molar-refractivity contribution in [3.63, 3.8) is 0 Å². The van der Waals surface area contributed by atoms with Gasteiger partial charge in [0.15, 0.2) is 0 Å². The normalized spacial score (nSPS) is 25.0. The summed E-state index contributed by atoms with van der Waals surface area (Å²) in [4.78, 5) is 24.7. The second-order valence-electron chi connectivity index (χ2n) is 8.04. The van der Waals surface area contributed by atoms with E-state index in [1.54, 1.807) is 11.9 Å². The summed E-state index contributed by atoms with van der Waals surface area (Å²) in [6.45, 7) is 0.972. The number of likely N-dealkylation sites (N-methyl/N-ethyl adjacent to an activating group) is 1. The standard InChI is InChI=1S/C20H26F3N3O3/c1-25(18-7-3-2-5-16(18)17-6-4-8-24-17)19(27)11-13-9-14(20(21,22)23)12-15(10-13)26(28)29/h9-10,12,16-18,24H,2-8,11H2,1H3. The van der Waals surface area contributed by atoms with Gasteiger partial charge in [0.25, 0.3) is 5.69 Å². The van der Waals surface area contributed by atoms with Crippen molar-refractivity contribution in [2.45, 2.75) is 63.2 Å². The molecule has 1 saturated heterocycles. The van der Waals surface area contributed by atoms with E-state index in [2.05, 4.69) is 5.32 Å². The molecule has 6 nitrogen and oxygen atoms in total. The Bertz CT molecular complexity index is 763. The molecule has 0 radical (unpaired) electrons. The van der Waals surface area contributed by atoms with Gasteiger partial charge in [0.05, 0.1) is 16.9 Å². The average Bonchev–Trinajstić information content (AvgIpc) is 3.21. The monoisotopic (exact) mass is 413 g/mol. The number of amides is 1. The Morgan fingerprint density at radius 3 is 2.55 bits per heavy atom. The third kappa shape index (κ3) is 5.07. The highest BCUT2D eigenvalue weighted by molar-refractivity contribution is 5.79. The third-order valence-electron chi connectivity index (χ3n) is 6.16. The van der Waals surface area contributed by atoms with Crippen LogP contribution in [0.1, 0.15) is 49.7 Å². The zero-order valence-corrected chi connectivity index (χ0v) is 16.4. The molecule has 2 aliphatic rings. The van der Waals surface area contributed by atoms with Gasteiger partial charge in [-0.25, -0.2) is 0 Å². The molecule has 9 heteroatoms. The van der Waals surface area contributed by atoms with E-state index in [9.17, 15) is 28.1 Å². The Morgan fingerprint density at radius 1 is 1.21 bits per heavy atom. The topological polar surface area (TPSA) is 75.5 Å². The number of hydrogen-bond donors (Lipinski definition) is 1. The first-order valence-electron chi connectivity index (χ1n) is 10.0. The summed E-state index contributed by atoms with van der Waals surface area (Å²) in [5.41, 5.74) is -1.76. The van der Waals surface area contributed by atoms with Crippen LogP contribution >= 0.6 is 0 Å². The Kier molecular flexibility index (Phi) is 6.45. The minimum Gasteiger partial charge on any atom is -0.342 e. The molecule has 0 aromatic heterocycles. The van der Waals surface area contributed by atoms with Crippen molar-refractivity contribution in [1.82, 2.24) is 10.2 Å². The van der Waals surface area contributed by atoms with Crippen LogP contribution in [0.5, 0.6) is 0 Å². The first-order valence-corrected chi connectivity index (χ1v) is 10.0. The maximum absolute atomic E-state index is 13.1. The van der Waals surface area contributed by atoms with Gasteiger partial charge in [-0.3, -0.25) is 14.9 Å². The number of carbonyl (C=O) groups excluding carboxylic acids is 1. The molecule has 1 aromatic rings. The molecule has 1 N–H and O–H groups in total. The number of alkyl halides is 3. The van der Waals surface area contributed by atoms with Crippen molar-refractivity contribution in [3.8, 4) is 0 Å².